The molecule has 0 amide bonds. The van der Waals surface area contributed by atoms with E-state index in [9.17, 15) is 0 Å². The van der Waals surface area contributed by atoms with E-state index in [1.165, 1.54) is 60.8 Å². The van der Waals surface area contributed by atoms with E-state index in [2.05, 4.69) is 11.9 Å². The van der Waals surface area contributed by atoms with Gasteiger partial charge >= 0.3 is 0 Å². The number of hydrogen-bond acceptors (Lipinski definition) is 4. The van der Waals surface area contributed by atoms with Crippen molar-refractivity contribution in [2.75, 3.05) is 18.5 Å². The first kappa shape index (κ1) is 12.4. The summed E-state index contributed by atoms with van der Waals surface area (Å²) in [4.78, 5) is 8.51. The van der Waals surface area contributed by atoms with E-state index in [1.54, 1.807) is 0 Å². The van der Waals surface area contributed by atoms with Crippen LogP contribution in [0.15, 0.2) is 0 Å². The van der Waals surface area contributed by atoms with Crippen LogP contribution < -0.4 is 10.6 Å². The largest absolute Gasteiger partial charge is 0.351 e. The Morgan fingerprint density at radius 3 is 2.61 bits per heavy atom. The molecule has 2 saturated carbocycles. The Morgan fingerprint density at radius 2 is 2.00 bits per heavy atom. The van der Waals surface area contributed by atoms with Gasteiger partial charge in [0.05, 0.1) is 5.69 Å². The highest BCUT2D eigenvalue weighted by Gasteiger charge is 2.30. The van der Waals surface area contributed by atoms with Crippen LogP contribution in [0.4, 0.5) is 5.13 Å². The minimum atomic E-state index is 0.654. The van der Waals surface area contributed by atoms with Crippen molar-refractivity contribution in [1.29, 1.82) is 0 Å². The molecule has 0 spiro atoms. The maximum atomic E-state index is 5.85. The van der Waals surface area contributed by atoms with Crippen molar-refractivity contribution < 1.29 is 0 Å². The van der Waals surface area contributed by atoms with Crippen LogP contribution in [0.3, 0.4) is 0 Å². The molecule has 0 radical (unpaired) electrons. The predicted octanol–water partition coefficient (Wildman–Crippen LogP) is 3.11. The number of hydrogen-bond donors (Lipinski definition) is 1. The summed E-state index contributed by atoms with van der Waals surface area (Å²) < 4.78 is 0. The third-order valence-electron chi connectivity index (χ3n) is 4.20. The molecule has 2 aliphatic rings. The fourth-order valence-corrected chi connectivity index (χ4v) is 3.99. The van der Waals surface area contributed by atoms with Crippen LogP contribution in [0.2, 0.25) is 0 Å². The average Bonchev–Trinajstić information content (AvgIpc) is 2.92. The smallest absolute Gasteiger partial charge is 0.185 e. The summed E-state index contributed by atoms with van der Waals surface area (Å²) in [6.07, 6.45) is 8.24. The molecule has 100 valence electrons. The quantitative estimate of drug-likeness (QED) is 0.889. The molecule has 0 aromatic carbocycles. The minimum absolute atomic E-state index is 0.654. The van der Waals surface area contributed by atoms with Crippen molar-refractivity contribution in [3.8, 4) is 0 Å². The van der Waals surface area contributed by atoms with E-state index in [-0.39, 0.29) is 0 Å². The molecule has 0 bridgehead atoms. The van der Waals surface area contributed by atoms with Crippen LogP contribution in [-0.2, 0) is 6.54 Å². The van der Waals surface area contributed by atoms with E-state index < -0.39 is 0 Å². The fourth-order valence-electron chi connectivity index (χ4n) is 2.99. The molecule has 1 aromatic rings. The Morgan fingerprint density at radius 1 is 1.28 bits per heavy atom. The molecule has 0 atom stereocenters. The maximum absolute atomic E-state index is 5.85. The summed E-state index contributed by atoms with van der Waals surface area (Å²) in [5.41, 5.74) is 7.15. The lowest BCUT2D eigenvalue weighted by molar-refractivity contribution is 0.546. The molecule has 2 fully saturated rings. The second kappa shape index (κ2) is 5.17. The third kappa shape index (κ3) is 2.54. The van der Waals surface area contributed by atoms with E-state index in [1.807, 2.05) is 11.3 Å². The number of thiazole rings is 1. The summed E-state index contributed by atoms with van der Waals surface area (Å²) in [5, 5.41) is 1.18. The zero-order chi connectivity index (χ0) is 12.5. The predicted molar refractivity (Wildman–Crippen MR) is 77.2 cm³/mol. The van der Waals surface area contributed by atoms with Crippen LogP contribution in [0.1, 0.15) is 55.0 Å². The minimum Gasteiger partial charge on any atom is -0.351 e. The number of nitrogens with two attached hydrogens (primary N) is 1. The molecule has 2 aliphatic carbocycles. The van der Waals surface area contributed by atoms with Crippen molar-refractivity contribution in [3.05, 3.63) is 10.6 Å². The molecular weight excluding hydrogens is 242 g/mol. The summed E-state index contributed by atoms with van der Waals surface area (Å²) in [5.74, 6) is 1.60. The number of rotatable bonds is 5. The van der Waals surface area contributed by atoms with Gasteiger partial charge in [0.2, 0.25) is 0 Å². The van der Waals surface area contributed by atoms with E-state index in [0.29, 0.717) is 12.5 Å². The van der Waals surface area contributed by atoms with E-state index >= 15 is 0 Å². The highest BCUT2D eigenvalue weighted by molar-refractivity contribution is 7.15. The van der Waals surface area contributed by atoms with Crippen molar-refractivity contribution in [2.24, 2.45) is 11.7 Å². The molecular formula is C14H23N3S. The van der Waals surface area contributed by atoms with Gasteiger partial charge in [-0.3, -0.25) is 0 Å². The normalized spacial score (nSPS) is 20.6. The summed E-state index contributed by atoms with van der Waals surface area (Å²) >= 11 is 1.81. The highest BCUT2D eigenvalue weighted by Crippen LogP contribution is 2.44. The number of nitrogens with zero attached hydrogens (tertiary/aromatic N) is 2. The molecule has 1 heterocycles. The Balaban J connectivity index is 1.70. The van der Waals surface area contributed by atoms with Gasteiger partial charge < -0.3 is 10.6 Å². The molecule has 0 saturated heterocycles. The van der Waals surface area contributed by atoms with Crippen molar-refractivity contribution >= 4 is 16.5 Å². The zero-order valence-corrected chi connectivity index (χ0v) is 12.0. The van der Waals surface area contributed by atoms with Crippen LogP contribution in [-0.4, -0.2) is 18.6 Å². The van der Waals surface area contributed by atoms with Crippen LogP contribution in [0.5, 0.6) is 0 Å². The molecule has 3 nitrogen and oxygen atoms in total. The van der Waals surface area contributed by atoms with Gasteiger partial charge in [-0.15, -0.1) is 11.3 Å². The zero-order valence-electron chi connectivity index (χ0n) is 11.2. The molecule has 3 rings (SSSR count). The standard InChI is InChI=1S/C14H23N3S/c1-17(9-10-4-2-3-5-10)14-16-13(11-6-7-11)12(8-15)18-14/h10-11H,2-9,15H2,1H3. The molecule has 4 heteroatoms. The first-order valence-electron chi connectivity index (χ1n) is 7.18. The Hall–Kier alpha value is -0.610. The summed E-state index contributed by atoms with van der Waals surface area (Å²) in [7, 11) is 2.19. The van der Waals surface area contributed by atoms with Crippen molar-refractivity contribution in [3.63, 3.8) is 0 Å². The lowest BCUT2D eigenvalue weighted by Crippen LogP contribution is -2.23. The van der Waals surface area contributed by atoms with Gasteiger partial charge in [0.1, 0.15) is 0 Å². The summed E-state index contributed by atoms with van der Waals surface area (Å²) in [6, 6.07) is 0. The Kier molecular flexibility index (Phi) is 3.57. The highest BCUT2D eigenvalue weighted by atomic mass is 32.1. The van der Waals surface area contributed by atoms with Gasteiger partial charge in [0, 0.05) is 30.9 Å². The van der Waals surface area contributed by atoms with Gasteiger partial charge in [-0.05, 0) is 31.6 Å². The lowest BCUT2D eigenvalue weighted by atomic mass is 10.1. The Bertz CT molecular complexity index is 405. The second-order valence-electron chi connectivity index (χ2n) is 5.81. The summed E-state index contributed by atoms with van der Waals surface area (Å²) in [6.45, 7) is 1.82. The van der Waals surface area contributed by atoms with Gasteiger partial charge in [0.15, 0.2) is 5.13 Å². The van der Waals surface area contributed by atoms with Gasteiger partial charge in [0.25, 0.3) is 0 Å². The van der Waals surface area contributed by atoms with Crippen molar-refractivity contribution in [2.45, 2.75) is 51.0 Å². The maximum Gasteiger partial charge on any atom is 0.185 e. The molecule has 18 heavy (non-hydrogen) atoms. The van der Waals surface area contributed by atoms with Gasteiger partial charge in [-0.25, -0.2) is 4.98 Å². The van der Waals surface area contributed by atoms with E-state index in [4.69, 9.17) is 10.7 Å². The van der Waals surface area contributed by atoms with E-state index in [0.717, 1.165) is 5.92 Å². The molecule has 1 aromatic heterocycles. The second-order valence-corrected chi connectivity index (χ2v) is 6.88. The molecule has 0 unspecified atom stereocenters. The van der Waals surface area contributed by atoms with Gasteiger partial charge in [-0.2, -0.15) is 0 Å². The molecule has 0 aliphatic heterocycles. The van der Waals surface area contributed by atoms with Crippen LogP contribution >= 0.6 is 11.3 Å². The van der Waals surface area contributed by atoms with Crippen LogP contribution in [0, 0.1) is 5.92 Å². The SMILES string of the molecule is CN(CC1CCCC1)c1nc(C2CC2)c(CN)s1. The Labute approximate surface area is 113 Å². The number of aromatic nitrogens is 1. The molecule has 2 N–H and O–H groups in total. The van der Waals surface area contributed by atoms with Gasteiger partial charge in [-0.1, -0.05) is 12.8 Å². The first-order chi connectivity index (χ1) is 8.78. The lowest BCUT2D eigenvalue weighted by Gasteiger charge is -2.19. The third-order valence-corrected chi connectivity index (χ3v) is 5.41. The van der Waals surface area contributed by atoms with Crippen molar-refractivity contribution in [1.82, 2.24) is 4.98 Å². The first-order valence-corrected chi connectivity index (χ1v) is 8.00. The van der Waals surface area contributed by atoms with Crippen LogP contribution in [0.25, 0.3) is 0 Å². The average molecular weight is 265 g/mol. The fraction of sp³-hybridized carbons (Fsp3) is 0.786. The topological polar surface area (TPSA) is 42.2 Å². The monoisotopic (exact) mass is 265 g/mol. The number of anilines is 1.